The highest BCUT2D eigenvalue weighted by Crippen LogP contribution is 2.39. The number of rotatable bonds is 5. The summed E-state index contributed by atoms with van der Waals surface area (Å²) in [6.07, 6.45) is 10.3. The van der Waals surface area contributed by atoms with Gasteiger partial charge in [-0.3, -0.25) is 0 Å². The monoisotopic (exact) mass is 330 g/mol. The van der Waals surface area contributed by atoms with E-state index < -0.39 is 11.8 Å². The molecule has 0 aromatic heterocycles. The molecule has 3 rings (SSSR count). The van der Waals surface area contributed by atoms with E-state index in [1.165, 1.54) is 44.3 Å². The molecule has 2 heteroatoms. The fourth-order valence-corrected chi connectivity index (χ4v) is 4.07. The van der Waals surface area contributed by atoms with Crippen LogP contribution in [0.4, 0.5) is 8.78 Å². The van der Waals surface area contributed by atoms with Crippen LogP contribution in [0, 0.1) is 11.8 Å². The van der Waals surface area contributed by atoms with Gasteiger partial charge in [0.05, 0.1) is 0 Å². The van der Waals surface area contributed by atoms with Gasteiger partial charge in [0.1, 0.15) is 0 Å². The maximum atomic E-state index is 15.0. The molecule has 0 aliphatic heterocycles. The molecule has 130 valence electrons. The van der Waals surface area contributed by atoms with E-state index in [9.17, 15) is 4.39 Å². The van der Waals surface area contributed by atoms with Crippen LogP contribution in [-0.4, -0.2) is 11.8 Å². The van der Waals surface area contributed by atoms with Crippen molar-refractivity contribution in [2.24, 2.45) is 11.8 Å². The highest BCUT2D eigenvalue weighted by Gasteiger charge is 2.38. The van der Waals surface area contributed by atoms with Crippen LogP contribution in [0.1, 0.15) is 57.4 Å². The minimum atomic E-state index is -1.83. The van der Waals surface area contributed by atoms with Gasteiger partial charge in [-0.05, 0) is 48.0 Å². The summed E-state index contributed by atoms with van der Waals surface area (Å²) in [4.78, 5) is 0. The molecule has 0 saturated heterocycles. The SMILES string of the molecule is CCC1CCC(CCC2(F)C=CC(c3ccccc3)=CC2F)CC1. The summed E-state index contributed by atoms with van der Waals surface area (Å²) in [5.74, 6) is 1.42. The Morgan fingerprint density at radius 3 is 2.33 bits per heavy atom. The molecule has 2 aliphatic rings. The summed E-state index contributed by atoms with van der Waals surface area (Å²) < 4.78 is 29.6. The largest absolute Gasteiger partial charge is 0.239 e. The molecule has 2 atom stereocenters. The standard InChI is InChI=1S/C22H28F2/c1-2-17-8-10-18(11-9-17)12-14-22(24)15-13-20(16-21(22)23)19-6-4-3-5-7-19/h3-7,13,15-18,21H,2,8-12,14H2,1H3. The van der Waals surface area contributed by atoms with Crippen molar-refractivity contribution in [1.82, 2.24) is 0 Å². The van der Waals surface area contributed by atoms with Crippen molar-refractivity contribution in [3.8, 4) is 0 Å². The average molecular weight is 330 g/mol. The topological polar surface area (TPSA) is 0 Å². The smallest absolute Gasteiger partial charge is 0.164 e. The van der Waals surface area contributed by atoms with Crippen LogP contribution in [0.25, 0.3) is 5.57 Å². The zero-order chi connectivity index (χ0) is 17.0. The van der Waals surface area contributed by atoms with Crippen LogP contribution >= 0.6 is 0 Å². The molecule has 0 amide bonds. The first kappa shape index (κ1) is 17.4. The van der Waals surface area contributed by atoms with Gasteiger partial charge in [0.25, 0.3) is 0 Å². The Hall–Kier alpha value is -1.44. The van der Waals surface area contributed by atoms with Crippen LogP contribution in [-0.2, 0) is 0 Å². The predicted octanol–water partition coefficient (Wildman–Crippen LogP) is 6.68. The molecule has 1 fully saturated rings. The number of hydrogen-bond acceptors (Lipinski definition) is 0. The third kappa shape index (κ3) is 3.96. The number of hydrogen-bond donors (Lipinski definition) is 0. The van der Waals surface area contributed by atoms with Crippen molar-refractivity contribution in [3.05, 3.63) is 54.1 Å². The molecule has 1 aromatic rings. The molecular weight excluding hydrogens is 302 g/mol. The molecule has 1 saturated carbocycles. The second-order valence-electron chi connectivity index (χ2n) is 7.48. The summed E-state index contributed by atoms with van der Waals surface area (Å²) in [6.45, 7) is 2.25. The lowest BCUT2D eigenvalue weighted by Gasteiger charge is -2.32. The molecule has 0 radical (unpaired) electrons. The molecule has 2 unspecified atom stereocenters. The van der Waals surface area contributed by atoms with E-state index in [0.717, 1.165) is 23.5 Å². The van der Waals surface area contributed by atoms with Crippen molar-refractivity contribution in [1.29, 1.82) is 0 Å². The molecule has 0 heterocycles. The van der Waals surface area contributed by atoms with Crippen LogP contribution < -0.4 is 0 Å². The van der Waals surface area contributed by atoms with Gasteiger partial charge >= 0.3 is 0 Å². The van der Waals surface area contributed by atoms with Gasteiger partial charge in [0, 0.05) is 0 Å². The average Bonchev–Trinajstić information content (AvgIpc) is 2.64. The summed E-state index contributed by atoms with van der Waals surface area (Å²) in [7, 11) is 0. The first-order chi connectivity index (χ1) is 11.6. The number of allylic oxidation sites excluding steroid dienone is 4. The molecule has 0 bridgehead atoms. The summed E-state index contributed by atoms with van der Waals surface area (Å²) in [6, 6.07) is 9.62. The quantitative estimate of drug-likeness (QED) is 0.564. The fourth-order valence-electron chi connectivity index (χ4n) is 4.07. The lowest BCUT2D eigenvalue weighted by Crippen LogP contribution is -2.34. The fraction of sp³-hybridized carbons (Fsp3) is 0.545. The lowest BCUT2D eigenvalue weighted by atomic mass is 9.76. The van der Waals surface area contributed by atoms with Gasteiger partial charge in [-0.15, -0.1) is 0 Å². The van der Waals surface area contributed by atoms with Crippen LogP contribution in [0.15, 0.2) is 48.6 Å². The summed E-state index contributed by atoms with van der Waals surface area (Å²) >= 11 is 0. The van der Waals surface area contributed by atoms with Crippen molar-refractivity contribution in [2.75, 3.05) is 0 Å². The molecule has 2 aliphatic carbocycles. The maximum absolute atomic E-state index is 15.0. The van der Waals surface area contributed by atoms with E-state index >= 15 is 4.39 Å². The Bertz CT molecular complexity index is 581. The molecular formula is C22H28F2. The number of alkyl halides is 2. The molecule has 0 N–H and O–H groups in total. The van der Waals surface area contributed by atoms with Gasteiger partial charge in [-0.25, -0.2) is 8.78 Å². The van der Waals surface area contributed by atoms with E-state index in [2.05, 4.69) is 6.92 Å². The van der Waals surface area contributed by atoms with Crippen molar-refractivity contribution in [3.63, 3.8) is 0 Å². The number of halogens is 2. The second-order valence-corrected chi connectivity index (χ2v) is 7.48. The Kier molecular flexibility index (Phi) is 5.53. The Labute approximate surface area is 144 Å². The van der Waals surface area contributed by atoms with E-state index in [-0.39, 0.29) is 0 Å². The molecule has 1 aromatic carbocycles. The number of benzene rings is 1. The summed E-state index contributed by atoms with van der Waals surface area (Å²) in [5.41, 5.74) is -0.115. The highest BCUT2D eigenvalue weighted by molar-refractivity contribution is 5.76. The van der Waals surface area contributed by atoms with E-state index in [4.69, 9.17) is 0 Å². The Morgan fingerprint density at radius 2 is 1.71 bits per heavy atom. The normalized spacial score (nSPS) is 33.3. The summed E-state index contributed by atoms with van der Waals surface area (Å²) in [5, 5.41) is 0. The lowest BCUT2D eigenvalue weighted by molar-refractivity contribution is 0.101. The second kappa shape index (κ2) is 7.63. The third-order valence-corrected chi connectivity index (χ3v) is 5.91. The van der Waals surface area contributed by atoms with Gasteiger partial charge < -0.3 is 0 Å². The van der Waals surface area contributed by atoms with Crippen LogP contribution in [0.5, 0.6) is 0 Å². The van der Waals surface area contributed by atoms with E-state index in [1.807, 2.05) is 30.3 Å². The van der Waals surface area contributed by atoms with E-state index in [0.29, 0.717) is 12.3 Å². The zero-order valence-electron chi connectivity index (χ0n) is 14.6. The van der Waals surface area contributed by atoms with Gasteiger partial charge in [0.15, 0.2) is 11.8 Å². The zero-order valence-corrected chi connectivity index (χ0v) is 14.6. The van der Waals surface area contributed by atoms with Crippen molar-refractivity contribution >= 4 is 5.57 Å². The van der Waals surface area contributed by atoms with Gasteiger partial charge in [0.2, 0.25) is 0 Å². The van der Waals surface area contributed by atoms with Gasteiger partial charge in [-0.2, -0.15) is 0 Å². The predicted molar refractivity (Wildman–Crippen MR) is 97.3 cm³/mol. The molecule has 0 nitrogen and oxygen atoms in total. The van der Waals surface area contributed by atoms with Crippen molar-refractivity contribution in [2.45, 2.75) is 63.7 Å². The van der Waals surface area contributed by atoms with Crippen LogP contribution in [0.3, 0.4) is 0 Å². The first-order valence-corrected chi connectivity index (χ1v) is 9.40. The minimum absolute atomic E-state index is 0.296. The highest BCUT2D eigenvalue weighted by atomic mass is 19.2. The van der Waals surface area contributed by atoms with Crippen molar-refractivity contribution < 1.29 is 8.78 Å². The van der Waals surface area contributed by atoms with Gasteiger partial charge in [-0.1, -0.05) is 75.4 Å². The third-order valence-electron chi connectivity index (χ3n) is 5.91. The Balaban J connectivity index is 1.57. The van der Waals surface area contributed by atoms with Crippen LogP contribution in [0.2, 0.25) is 0 Å². The minimum Gasteiger partial charge on any atom is -0.239 e. The maximum Gasteiger partial charge on any atom is 0.164 e. The molecule has 24 heavy (non-hydrogen) atoms. The Morgan fingerprint density at radius 1 is 1.04 bits per heavy atom. The first-order valence-electron chi connectivity index (χ1n) is 9.40. The van der Waals surface area contributed by atoms with E-state index in [1.54, 1.807) is 6.08 Å². The molecule has 0 spiro atoms.